The quantitative estimate of drug-likeness (QED) is 0.750. The van der Waals surface area contributed by atoms with Crippen molar-refractivity contribution in [1.82, 2.24) is 5.01 Å². The average molecular weight is 381 g/mol. The summed E-state index contributed by atoms with van der Waals surface area (Å²) in [6, 6.07) is 8.09. The van der Waals surface area contributed by atoms with Crippen molar-refractivity contribution in [1.29, 1.82) is 5.41 Å². The predicted molar refractivity (Wildman–Crippen MR) is 112 cm³/mol. The molecule has 1 amide bonds. The minimum absolute atomic E-state index is 0.122. The van der Waals surface area contributed by atoms with Crippen LogP contribution in [-0.2, 0) is 4.79 Å². The Labute approximate surface area is 164 Å². The Morgan fingerprint density at radius 3 is 2.56 bits per heavy atom. The summed E-state index contributed by atoms with van der Waals surface area (Å²) in [4.78, 5) is 16.7. The molecule has 140 valence electrons. The SMILES string of the molecule is CC(C)c1ccc(/C=C2/C(=N)N3N=C(C4CCCCC4)SC3=NC2=O)cc1. The Hall–Kier alpha value is -2.21. The van der Waals surface area contributed by atoms with E-state index in [9.17, 15) is 4.79 Å². The average Bonchev–Trinajstić information content (AvgIpc) is 3.10. The molecule has 0 saturated heterocycles. The highest BCUT2D eigenvalue weighted by molar-refractivity contribution is 8.27. The van der Waals surface area contributed by atoms with Crippen molar-refractivity contribution in [2.24, 2.45) is 16.0 Å². The molecule has 2 heterocycles. The molecule has 4 rings (SSSR count). The number of carbonyl (C=O) groups excluding carboxylic acids is 1. The first-order chi connectivity index (χ1) is 13.0. The number of hydrazone groups is 1. The number of hydrogen-bond acceptors (Lipinski definition) is 4. The van der Waals surface area contributed by atoms with Gasteiger partial charge in [-0.15, -0.1) is 0 Å². The van der Waals surface area contributed by atoms with Crippen LogP contribution in [0.3, 0.4) is 0 Å². The molecule has 0 spiro atoms. The van der Waals surface area contributed by atoms with Gasteiger partial charge in [0, 0.05) is 5.92 Å². The molecule has 0 unspecified atom stereocenters. The fraction of sp³-hybridized carbons (Fsp3) is 0.429. The summed E-state index contributed by atoms with van der Waals surface area (Å²) in [5.74, 6) is 0.668. The molecule has 1 N–H and O–H groups in total. The molecule has 0 atom stereocenters. The lowest BCUT2D eigenvalue weighted by molar-refractivity contribution is -0.114. The summed E-state index contributed by atoms with van der Waals surface area (Å²) in [7, 11) is 0. The van der Waals surface area contributed by atoms with E-state index in [1.54, 1.807) is 6.08 Å². The monoisotopic (exact) mass is 380 g/mol. The van der Waals surface area contributed by atoms with Crippen molar-refractivity contribution in [2.75, 3.05) is 0 Å². The maximum atomic E-state index is 12.5. The molecule has 0 bridgehead atoms. The summed E-state index contributed by atoms with van der Waals surface area (Å²) < 4.78 is 0. The number of nitrogens with one attached hydrogen (secondary N) is 1. The summed E-state index contributed by atoms with van der Waals surface area (Å²) in [5, 5.41) is 16.2. The van der Waals surface area contributed by atoms with Crippen LogP contribution in [0.15, 0.2) is 39.9 Å². The van der Waals surface area contributed by atoms with Crippen LogP contribution in [0.5, 0.6) is 0 Å². The van der Waals surface area contributed by atoms with Crippen LogP contribution in [0.2, 0.25) is 0 Å². The molecular weight excluding hydrogens is 356 g/mol. The van der Waals surface area contributed by atoms with E-state index in [4.69, 9.17) is 5.41 Å². The number of amides is 1. The van der Waals surface area contributed by atoms with Crippen LogP contribution in [0.1, 0.15) is 63.0 Å². The molecule has 3 aliphatic rings. The lowest BCUT2D eigenvalue weighted by atomic mass is 9.90. The van der Waals surface area contributed by atoms with E-state index in [1.165, 1.54) is 41.6 Å². The van der Waals surface area contributed by atoms with Gasteiger partial charge in [-0.05, 0) is 47.7 Å². The van der Waals surface area contributed by atoms with Gasteiger partial charge in [-0.25, -0.2) is 0 Å². The number of thioether (sulfide) groups is 1. The number of benzene rings is 1. The predicted octanol–water partition coefficient (Wildman–Crippen LogP) is 5.01. The second-order valence-corrected chi connectivity index (χ2v) is 8.60. The number of carbonyl (C=O) groups is 1. The van der Waals surface area contributed by atoms with Crippen molar-refractivity contribution >= 4 is 39.8 Å². The normalized spacial score (nSPS) is 22.3. The third-order valence-corrected chi connectivity index (χ3v) is 6.41. The number of nitrogens with zero attached hydrogens (tertiary/aromatic N) is 3. The Balaban J connectivity index is 1.59. The molecule has 1 aromatic carbocycles. The smallest absolute Gasteiger partial charge is 0.282 e. The highest BCUT2D eigenvalue weighted by Crippen LogP contribution is 2.36. The second kappa shape index (κ2) is 7.43. The zero-order valence-corrected chi connectivity index (χ0v) is 16.6. The highest BCUT2D eigenvalue weighted by atomic mass is 32.2. The maximum Gasteiger partial charge on any atom is 0.283 e. The van der Waals surface area contributed by atoms with E-state index in [1.807, 2.05) is 12.1 Å². The van der Waals surface area contributed by atoms with Crippen LogP contribution in [-0.4, -0.2) is 27.0 Å². The molecule has 2 aliphatic heterocycles. The maximum absolute atomic E-state index is 12.5. The molecule has 5 nitrogen and oxygen atoms in total. The largest absolute Gasteiger partial charge is 0.283 e. The van der Waals surface area contributed by atoms with Gasteiger partial charge in [0.05, 0.1) is 5.57 Å². The minimum Gasteiger partial charge on any atom is -0.282 e. The molecule has 1 fully saturated rings. The van der Waals surface area contributed by atoms with Crippen molar-refractivity contribution in [3.8, 4) is 0 Å². The minimum atomic E-state index is -0.355. The molecule has 27 heavy (non-hydrogen) atoms. The Morgan fingerprint density at radius 2 is 1.89 bits per heavy atom. The van der Waals surface area contributed by atoms with Crippen LogP contribution in [0.25, 0.3) is 6.08 Å². The van der Waals surface area contributed by atoms with Gasteiger partial charge in [0.15, 0.2) is 5.84 Å². The summed E-state index contributed by atoms with van der Waals surface area (Å²) in [6.07, 6.45) is 7.76. The number of amidine groups is 2. The molecule has 0 aromatic heterocycles. The van der Waals surface area contributed by atoms with Crippen molar-refractivity contribution < 1.29 is 4.79 Å². The van der Waals surface area contributed by atoms with Crippen LogP contribution >= 0.6 is 11.8 Å². The van der Waals surface area contributed by atoms with E-state index >= 15 is 0 Å². The fourth-order valence-electron chi connectivity index (χ4n) is 3.67. The second-order valence-electron chi connectivity index (χ2n) is 7.61. The van der Waals surface area contributed by atoms with Crippen LogP contribution < -0.4 is 0 Å². The van der Waals surface area contributed by atoms with E-state index in [0.29, 0.717) is 22.6 Å². The third kappa shape index (κ3) is 3.63. The molecule has 1 aromatic rings. The van der Waals surface area contributed by atoms with E-state index < -0.39 is 0 Å². The number of rotatable bonds is 3. The number of aliphatic imine (C=N–C) groups is 1. The Morgan fingerprint density at radius 1 is 1.19 bits per heavy atom. The van der Waals surface area contributed by atoms with Gasteiger partial charge in [0.2, 0.25) is 5.17 Å². The molecule has 1 aliphatic carbocycles. The van der Waals surface area contributed by atoms with Gasteiger partial charge in [0.25, 0.3) is 5.91 Å². The van der Waals surface area contributed by atoms with Crippen LogP contribution in [0, 0.1) is 11.3 Å². The van der Waals surface area contributed by atoms with Gasteiger partial charge < -0.3 is 0 Å². The molecule has 6 heteroatoms. The molecule has 0 radical (unpaired) electrons. The first-order valence-electron chi connectivity index (χ1n) is 9.63. The lowest BCUT2D eigenvalue weighted by Gasteiger charge is -2.20. The van der Waals surface area contributed by atoms with E-state index in [2.05, 4.69) is 36.1 Å². The summed E-state index contributed by atoms with van der Waals surface area (Å²) in [6.45, 7) is 4.30. The van der Waals surface area contributed by atoms with E-state index in [-0.39, 0.29) is 11.7 Å². The first-order valence-corrected chi connectivity index (χ1v) is 10.4. The zero-order valence-electron chi connectivity index (χ0n) is 15.7. The van der Waals surface area contributed by atoms with Gasteiger partial charge in [-0.3, -0.25) is 10.2 Å². The zero-order chi connectivity index (χ0) is 19.0. The lowest BCUT2D eigenvalue weighted by Crippen LogP contribution is -2.35. The van der Waals surface area contributed by atoms with Crippen molar-refractivity contribution in [2.45, 2.75) is 51.9 Å². The van der Waals surface area contributed by atoms with E-state index in [0.717, 1.165) is 23.4 Å². The standard InChI is InChI=1S/C21H24N4OS/c1-13(2)15-10-8-14(9-11-15)12-17-18(22)25-21(23-19(17)26)27-20(24-25)16-6-4-3-5-7-16/h8-13,16,22H,3-7H2,1-2H3/b17-12-,22-18?. The first kappa shape index (κ1) is 18.2. The van der Waals surface area contributed by atoms with Gasteiger partial charge in [0.1, 0.15) is 5.04 Å². The molecular formula is C21H24N4OS. The van der Waals surface area contributed by atoms with Crippen molar-refractivity contribution in [3.05, 3.63) is 41.0 Å². The highest BCUT2D eigenvalue weighted by Gasteiger charge is 2.37. The Bertz CT molecular complexity index is 861. The number of hydrogen-bond donors (Lipinski definition) is 1. The fourth-order valence-corrected chi connectivity index (χ4v) is 4.72. The number of fused-ring (bicyclic) bond motifs is 1. The van der Waals surface area contributed by atoms with Crippen molar-refractivity contribution in [3.63, 3.8) is 0 Å². The van der Waals surface area contributed by atoms with Gasteiger partial charge >= 0.3 is 0 Å². The van der Waals surface area contributed by atoms with Gasteiger partial charge in [-0.1, -0.05) is 57.4 Å². The van der Waals surface area contributed by atoms with Crippen LogP contribution in [0.4, 0.5) is 0 Å². The Kier molecular flexibility index (Phi) is 5.00. The third-order valence-electron chi connectivity index (χ3n) is 5.34. The summed E-state index contributed by atoms with van der Waals surface area (Å²) in [5.41, 5.74) is 2.44. The van der Waals surface area contributed by atoms with Gasteiger partial charge in [-0.2, -0.15) is 15.1 Å². The summed E-state index contributed by atoms with van der Waals surface area (Å²) >= 11 is 1.46. The topological polar surface area (TPSA) is 68.9 Å². The molecule has 1 saturated carbocycles.